The Bertz CT molecular complexity index is 911. The van der Waals surface area contributed by atoms with E-state index in [2.05, 4.69) is 35.8 Å². The maximum absolute atomic E-state index is 12.5. The third-order valence-corrected chi connectivity index (χ3v) is 5.20. The van der Waals surface area contributed by atoms with Crippen LogP contribution in [0.4, 0.5) is 23.5 Å². The molecule has 1 aliphatic rings. The number of piperidine rings is 1. The molecule has 192 valence electrons. The van der Waals surface area contributed by atoms with Crippen LogP contribution in [-0.4, -0.2) is 91.7 Å². The zero-order valence-electron chi connectivity index (χ0n) is 20.0. The van der Waals surface area contributed by atoms with Gasteiger partial charge in [-0.3, -0.25) is 4.79 Å². The molecule has 1 fully saturated rings. The minimum atomic E-state index is -0.202. The summed E-state index contributed by atoms with van der Waals surface area (Å²) in [5, 5.41) is 18.2. The lowest BCUT2D eigenvalue weighted by atomic mass is 10.1. The Kier molecular flexibility index (Phi) is 11.4. The first kappa shape index (κ1) is 26.5. The lowest BCUT2D eigenvalue weighted by molar-refractivity contribution is 0.0511. The molecule has 35 heavy (non-hydrogen) atoms. The summed E-state index contributed by atoms with van der Waals surface area (Å²) in [6.07, 6.45) is 3.39. The maximum atomic E-state index is 12.5. The molecule has 0 spiro atoms. The Morgan fingerprint density at radius 2 is 1.77 bits per heavy atom. The second-order valence-electron chi connectivity index (χ2n) is 7.96. The van der Waals surface area contributed by atoms with Gasteiger partial charge < -0.3 is 41.2 Å². The third kappa shape index (κ3) is 9.25. The number of carbonyl (C=O) groups excluding carboxylic acids is 1. The molecular formula is C23H36N8O4. The van der Waals surface area contributed by atoms with Crippen LogP contribution in [0.1, 0.15) is 29.6 Å². The SMILES string of the molecule is NCCOCCOCCNC(=O)c1cccc(Nc2nc(NCCO)nc(N3CCCCC3)n2)c1. The number of aromatic nitrogens is 3. The summed E-state index contributed by atoms with van der Waals surface area (Å²) in [6, 6.07) is 7.11. The molecule has 0 atom stereocenters. The number of aliphatic hydroxyl groups is 1. The van der Waals surface area contributed by atoms with E-state index in [0.29, 0.717) is 75.2 Å². The van der Waals surface area contributed by atoms with Gasteiger partial charge in [-0.2, -0.15) is 15.0 Å². The number of aliphatic hydroxyl groups excluding tert-OH is 1. The second-order valence-corrected chi connectivity index (χ2v) is 7.96. The van der Waals surface area contributed by atoms with Crippen LogP contribution >= 0.6 is 0 Å². The number of benzene rings is 1. The van der Waals surface area contributed by atoms with Gasteiger partial charge in [0.2, 0.25) is 17.8 Å². The molecule has 1 amide bonds. The van der Waals surface area contributed by atoms with Gasteiger partial charge in [-0.15, -0.1) is 0 Å². The van der Waals surface area contributed by atoms with Gasteiger partial charge in [-0.1, -0.05) is 6.07 Å². The average molecular weight is 489 g/mol. The lowest BCUT2D eigenvalue weighted by Gasteiger charge is -2.27. The number of hydrogen-bond acceptors (Lipinski definition) is 11. The second kappa shape index (κ2) is 15.0. The highest BCUT2D eigenvalue weighted by Crippen LogP contribution is 2.21. The highest BCUT2D eigenvalue weighted by Gasteiger charge is 2.16. The zero-order valence-corrected chi connectivity index (χ0v) is 20.0. The summed E-state index contributed by atoms with van der Waals surface area (Å²) < 4.78 is 10.7. The fourth-order valence-electron chi connectivity index (χ4n) is 3.51. The molecule has 1 aromatic heterocycles. The van der Waals surface area contributed by atoms with Crippen LogP contribution < -0.4 is 26.6 Å². The monoisotopic (exact) mass is 488 g/mol. The van der Waals surface area contributed by atoms with E-state index in [9.17, 15) is 4.79 Å². The molecule has 2 heterocycles. The number of nitrogens with two attached hydrogens (primary N) is 1. The number of rotatable bonds is 15. The average Bonchev–Trinajstić information content (AvgIpc) is 2.89. The Balaban J connectivity index is 1.58. The first-order valence-corrected chi connectivity index (χ1v) is 12.1. The van der Waals surface area contributed by atoms with E-state index in [1.165, 1.54) is 6.42 Å². The maximum Gasteiger partial charge on any atom is 0.251 e. The van der Waals surface area contributed by atoms with Crippen LogP contribution in [0.3, 0.4) is 0 Å². The van der Waals surface area contributed by atoms with Crippen molar-refractivity contribution in [3.63, 3.8) is 0 Å². The number of anilines is 4. The summed E-state index contributed by atoms with van der Waals surface area (Å²) in [5.41, 5.74) is 6.53. The Morgan fingerprint density at radius 3 is 2.54 bits per heavy atom. The molecule has 1 aliphatic heterocycles. The highest BCUT2D eigenvalue weighted by molar-refractivity contribution is 5.95. The molecule has 0 saturated carbocycles. The van der Waals surface area contributed by atoms with E-state index >= 15 is 0 Å². The predicted octanol–water partition coefficient (Wildman–Crippen LogP) is 0.731. The van der Waals surface area contributed by atoms with Crippen LogP contribution in [0, 0.1) is 0 Å². The van der Waals surface area contributed by atoms with E-state index < -0.39 is 0 Å². The Labute approximate surface area is 205 Å². The number of nitrogens with one attached hydrogen (secondary N) is 3. The van der Waals surface area contributed by atoms with Crippen molar-refractivity contribution in [3.05, 3.63) is 29.8 Å². The number of hydrogen-bond donors (Lipinski definition) is 5. The first-order valence-electron chi connectivity index (χ1n) is 12.1. The van der Waals surface area contributed by atoms with E-state index in [-0.39, 0.29) is 12.5 Å². The summed E-state index contributed by atoms with van der Waals surface area (Å²) in [6.45, 7) is 4.80. The van der Waals surface area contributed by atoms with Crippen molar-refractivity contribution >= 4 is 29.4 Å². The summed E-state index contributed by atoms with van der Waals surface area (Å²) >= 11 is 0. The topological polar surface area (TPSA) is 160 Å². The summed E-state index contributed by atoms with van der Waals surface area (Å²) in [5.74, 6) is 1.14. The van der Waals surface area contributed by atoms with Crippen LogP contribution in [0.5, 0.6) is 0 Å². The van der Waals surface area contributed by atoms with Gasteiger partial charge in [0.25, 0.3) is 5.91 Å². The largest absolute Gasteiger partial charge is 0.395 e. The van der Waals surface area contributed by atoms with Crippen molar-refractivity contribution in [3.8, 4) is 0 Å². The van der Waals surface area contributed by atoms with Gasteiger partial charge in [-0.05, 0) is 37.5 Å². The van der Waals surface area contributed by atoms with Crippen molar-refractivity contribution in [2.75, 3.05) is 81.3 Å². The number of amides is 1. The molecule has 0 radical (unpaired) electrons. The van der Waals surface area contributed by atoms with Gasteiger partial charge >= 0.3 is 0 Å². The van der Waals surface area contributed by atoms with E-state index in [4.69, 9.17) is 20.3 Å². The quantitative estimate of drug-likeness (QED) is 0.225. The lowest BCUT2D eigenvalue weighted by Crippen LogP contribution is -2.31. The molecule has 2 aromatic rings. The molecule has 12 heteroatoms. The number of nitrogens with zero attached hydrogens (tertiary/aromatic N) is 4. The van der Waals surface area contributed by atoms with Gasteiger partial charge in [0.15, 0.2) is 0 Å². The fraction of sp³-hybridized carbons (Fsp3) is 0.565. The van der Waals surface area contributed by atoms with Gasteiger partial charge in [0.05, 0.1) is 33.0 Å². The molecule has 0 bridgehead atoms. The van der Waals surface area contributed by atoms with E-state index in [1.807, 2.05) is 6.07 Å². The van der Waals surface area contributed by atoms with E-state index in [0.717, 1.165) is 25.9 Å². The molecule has 3 rings (SSSR count). The van der Waals surface area contributed by atoms with Crippen LogP contribution in [0.2, 0.25) is 0 Å². The smallest absolute Gasteiger partial charge is 0.251 e. The molecule has 12 nitrogen and oxygen atoms in total. The minimum Gasteiger partial charge on any atom is -0.395 e. The van der Waals surface area contributed by atoms with Crippen molar-refractivity contribution in [2.45, 2.75) is 19.3 Å². The summed E-state index contributed by atoms with van der Waals surface area (Å²) in [4.78, 5) is 28.2. The standard InChI is InChI=1S/C23H36N8O4/c24-7-13-34-15-16-35-14-9-25-20(33)18-5-4-6-19(17-18)27-22-28-21(26-8-12-32)29-23(30-22)31-10-2-1-3-11-31/h4-6,17,32H,1-3,7-16,24H2,(H,25,33)(H2,26,27,28,29,30). The third-order valence-electron chi connectivity index (χ3n) is 5.20. The predicted molar refractivity (Wildman–Crippen MR) is 134 cm³/mol. The molecule has 6 N–H and O–H groups in total. The minimum absolute atomic E-state index is 0.0300. The van der Waals surface area contributed by atoms with E-state index in [1.54, 1.807) is 18.2 Å². The van der Waals surface area contributed by atoms with Crippen molar-refractivity contribution in [1.82, 2.24) is 20.3 Å². The molecule has 1 saturated heterocycles. The van der Waals surface area contributed by atoms with Gasteiger partial charge in [0, 0.05) is 44.0 Å². The zero-order chi connectivity index (χ0) is 24.7. The first-order chi connectivity index (χ1) is 17.2. The number of carbonyl (C=O) groups is 1. The van der Waals surface area contributed by atoms with Crippen LogP contribution in [-0.2, 0) is 9.47 Å². The Morgan fingerprint density at radius 1 is 1.00 bits per heavy atom. The van der Waals surface area contributed by atoms with Crippen molar-refractivity contribution in [2.24, 2.45) is 5.73 Å². The number of ether oxygens (including phenoxy) is 2. The fourth-order valence-corrected chi connectivity index (χ4v) is 3.51. The van der Waals surface area contributed by atoms with Crippen LogP contribution in [0.25, 0.3) is 0 Å². The van der Waals surface area contributed by atoms with Gasteiger partial charge in [0.1, 0.15) is 0 Å². The van der Waals surface area contributed by atoms with Gasteiger partial charge in [-0.25, -0.2) is 0 Å². The Hall–Kier alpha value is -3.06. The molecule has 1 aromatic carbocycles. The normalized spacial score (nSPS) is 13.5. The molecular weight excluding hydrogens is 452 g/mol. The van der Waals surface area contributed by atoms with Crippen molar-refractivity contribution in [1.29, 1.82) is 0 Å². The molecule has 0 unspecified atom stereocenters. The van der Waals surface area contributed by atoms with Crippen molar-refractivity contribution < 1.29 is 19.4 Å². The highest BCUT2D eigenvalue weighted by atomic mass is 16.5. The molecule has 0 aliphatic carbocycles. The van der Waals surface area contributed by atoms with Crippen LogP contribution in [0.15, 0.2) is 24.3 Å². The summed E-state index contributed by atoms with van der Waals surface area (Å²) in [7, 11) is 0.